The Morgan fingerprint density at radius 3 is 3.08 bits per heavy atom. The molecule has 5 heterocycles. The first-order valence-electron chi connectivity index (χ1n) is 7.79. The molecule has 0 radical (unpaired) electrons. The quantitative estimate of drug-likeness (QED) is 0.619. The van der Waals surface area contributed by atoms with Crippen molar-refractivity contribution in [1.82, 2.24) is 24.6 Å². The smallest absolute Gasteiger partial charge is 0.157 e. The van der Waals surface area contributed by atoms with Gasteiger partial charge in [-0.25, -0.2) is 15.0 Å². The number of nitrogens with zero attached hydrogens (tertiary/aromatic N) is 6. The topological polar surface area (TPSA) is 71.2 Å². The number of rotatable bonds is 3. The first-order valence-corrected chi connectivity index (χ1v) is 8.67. The van der Waals surface area contributed by atoms with Crippen molar-refractivity contribution in [1.29, 1.82) is 0 Å². The Kier molecular flexibility index (Phi) is 2.93. The van der Waals surface area contributed by atoms with Gasteiger partial charge < -0.3 is 10.2 Å². The van der Waals surface area contributed by atoms with Crippen molar-refractivity contribution in [2.75, 3.05) is 23.3 Å². The van der Waals surface area contributed by atoms with Gasteiger partial charge in [0.15, 0.2) is 5.65 Å². The Morgan fingerprint density at radius 2 is 2.17 bits per heavy atom. The molecule has 0 saturated carbocycles. The zero-order valence-electron chi connectivity index (χ0n) is 13.0. The maximum absolute atomic E-state index is 4.47. The predicted molar refractivity (Wildman–Crippen MR) is 94.8 cm³/mol. The van der Waals surface area contributed by atoms with Gasteiger partial charge in [-0.1, -0.05) is 0 Å². The summed E-state index contributed by atoms with van der Waals surface area (Å²) in [6.45, 7) is 3.82. The van der Waals surface area contributed by atoms with Crippen LogP contribution in [0.15, 0.2) is 36.1 Å². The van der Waals surface area contributed by atoms with E-state index in [1.807, 2.05) is 29.6 Å². The van der Waals surface area contributed by atoms with Gasteiger partial charge in [-0.15, -0.1) is 11.3 Å². The summed E-state index contributed by atoms with van der Waals surface area (Å²) in [4.78, 5) is 15.5. The number of anilines is 2. The highest BCUT2D eigenvalue weighted by molar-refractivity contribution is 7.17. The van der Waals surface area contributed by atoms with Crippen LogP contribution >= 0.6 is 11.3 Å². The highest BCUT2D eigenvalue weighted by Crippen LogP contribution is 2.31. The standard InChI is InChI=1S/C16H15N7S/c1-10-6-14(23-13(20-10)2-4-19-23)21-11-7-22(8-11)16-15-12(3-5-24-15)17-9-18-16/h2-6,9,11,21H,7-8H2,1H3. The first kappa shape index (κ1) is 13.7. The van der Waals surface area contributed by atoms with E-state index in [9.17, 15) is 0 Å². The Bertz CT molecular complexity index is 1030. The predicted octanol–water partition coefficient (Wildman–Crippen LogP) is 2.34. The van der Waals surface area contributed by atoms with Gasteiger partial charge in [0.2, 0.25) is 0 Å². The van der Waals surface area contributed by atoms with Crippen molar-refractivity contribution in [3.63, 3.8) is 0 Å². The third-order valence-corrected chi connectivity index (χ3v) is 5.14. The molecule has 1 fully saturated rings. The Morgan fingerprint density at radius 1 is 1.25 bits per heavy atom. The van der Waals surface area contributed by atoms with Gasteiger partial charge in [0.1, 0.15) is 18.0 Å². The molecule has 4 aromatic rings. The SMILES string of the molecule is Cc1cc(NC2CN(c3ncnc4ccsc34)C2)n2nccc2n1. The Labute approximate surface area is 142 Å². The molecule has 5 rings (SSSR count). The van der Waals surface area contributed by atoms with Gasteiger partial charge >= 0.3 is 0 Å². The van der Waals surface area contributed by atoms with E-state index < -0.39 is 0 Å². The van der Waals surface area contributed by atoms with E-state index >= 15 is 0 Å². The molecule has 0 amide bonds. The second-order valence-electron chi connectivity index (χ2n) is 5.96. The lowest BCUT2D eigenvalue weighted by Crippen LogP contribution is -2.55. The fraction of sp³-hybridized carbons (Fsp3) is 0.250. The summed E-state index contributed by atoms with van der Waals surface area (Å²) in [6, 6.07) is 6.35. The van der Waals surface area contributed by atoms with Crippen molar-refractivity contribution in [2.24, 2.45) is 0 Å². The average Bonchev–Trinajstić information content (AvgIpc) is 3.18. The molecule has 0 atom stereocenters. The second kappa shape index (κ2) is 5.13. The van der Waals surface area contributed by atoms with Crippen molar-refractivity contribution in [2.45, 2.75) is 13.0 Å². The number of hydrogen-bond donors (Lipinski definition) is 1. The van der Waals surface area contributed by atoms with Gasteiger partial charge in [0.05, 0.1) is 22.5 Å². The van der Waals surface area contributed by atoms with E-state index in [1.54, 1.807) is 23.9 Å². The molecular weight excluding hydrogens is 322 g/mol. The molecular formula is C16H15N7S. The second-order valence-corrected chi connectivity index (χ2v) is 6.88. The Balaban J connectivity index is 1.36. The van der Waals surface area contributed by atoms with Gasteiger partial charge in [0, 0.05) is 30.9 Å². The minimum atomic E-state index is 0.365. The van der Waals surface area contributed by atoms with Crippen molar-refractivity contribution in [3.8, 4) is 0 Å². The maximum atomic E-state index is 4.47. The van der Waals surface area contributed by atoms with Crippen LogP contribution in [0.1, 0.15) is 5.69 Å². The van der Waals surface area contributed by atoms with Gasteiger partial charge in [-0.2, -0.15) is 9.61 Å². The summed E-state index contributed by atoms with van der Waals surface area (Å²) >= 11 is 1.69. The number of fused-ring (bicyclic) bond motifs is 2. The van der Waals surface area contributed by atoms with Crippen LogP contribution in [0.4, 0.5) is 11.6 Å². The third-order valence-electron chi connectivity index (χ3n) is 4.24. The normalized spacial score (nSPS) is 15.1. The van der Waals surface area contributed by atoms with E-state index in [0.29, 0.717) is 6.04 Å². The number of nitrogens with one attached hydrogen (secondary N) is 1. The van der Waals surface area contributed by atoms with Gasteiger partial charge in [-0.05, 0) is 18.4 Å². The highest BCUT2D eigenvalue weighted by atomic mass is 32.1. The lowest BCUT2D eigenvalue weighted by Gasteiger charge is -2.40. The summed E-state index contributed by atoms with van der Waals surface area (Å²) in [5.74, 6) is 2.01. The third kappa shape index (κ3) is 2.10. The van der Waals surface area contributed by atoms with E-state index in [2.05, 4.69) is 35.6 Å². The molecule has 0 aromatic carbocycles. The molecule has 1 saturated heterocycles. The van der Waals surface area contributed by atoms with E-state index in [-0.39, 0.29) is 0 Å². The van der Waals surface area contributed by atoms with Crippen LogP contribution in [0.5, 0.6) is 0 Å². The molecule has 1 N–H and O–H groups in total. The van der Waals surface area contributed by atoms with Crippen molar-refractivity contribution in [3.05, 3.63) is 41.8 Å². The summed E-state index contributed by atoms with van der Waals surface area (Å²) < 4.78 is 3.00. The fourth-order valence-corrected chi connectivity index (χ4v) is 3.96. The molecule has 8 heteroatoms. The van der Waals surface area contributed by atoms with Crippen molar-refractivity contribution >= 4 is 38.8 Å². The molecule has 1 aliphatic heterocycles. The van der Waals surface area contributed by atoms with Crippen LogP contribution < -0.4 is 10.2 Å². The number of hydrogen-bond acceptors (Lipinski definition) is 7. The van der Waals surface area contributed by atoms with Crippen LogP contribution in [0.2, 0.25) is 0 Å². The molecule has 0 aliphatic carbocycles. The van der Waals surface area contributed by atoms with E-state index in [1.165, 1.54) is 0 Å². The minimum absolute atomic E-state index is 0.365. The zero-order chi connectivity index (χ0) is 16.1. The molecule has 4 aromatic heterocycles. The van der Waals surface area contributed by atoms with Crippen LogP contribution in [0, 0.1) is 6.92 Å². The van der Waals surface area contributed by atoms with Crippen LogP contribution in [0.25, 0.3) is 15.9 Å². The number of aryl methyl sites for hydroxylation is 1. The first-order chi connectivity index (χ1) is 11.8. The zero-order valence-corrected chi connectivity index (χ0v) is 13.9. The summed E-state index contributed by atoms with van der Waals surface area (Å²) in [7, 11) is 0. The molecule has 0 spiro atoms. The van der Waals surface area contributed by atoms with E-state index in [0.717, 1.165) is 46.3 Å². The van der Waals surface area contributed by atoms with E-state index in [4.69, 9.17) is 0 Å². The largest absolute Gasteiger partial charge is 0.364 e. The fourth-order valence-electron chi connectivity index (χ4n) is 3.09. The highest BCUT2D eigenvalue weighted by Gasteiger charge is 2.29. The Hall–Kier alpha value is -2.74. The van der Waals surface area contributed by atoms with Gasteiger partial charge in [-0.3, -0.25) is 0 Å². The molecule has 0 bridgehead atoms. The minimum Gasteiger partial charge on any atom is -0.364 e. The molecule has 120 valence electrons. The molecule has 24 heavy (non-hydrogen) atoms. The van der Waals surface area contributed by atoms with Crippen LogP contribution in [0.3, 0.4) is 0 Å². The lowest BCUT2D eigenvalue weighted by atomic mass is 10.1. The van der Waals surface area contributed by atoms with Crippen LogP contribution in [-0.2, 0) is 0 Å². The molecule has 7 nitrogen and oxygen atoms in total. The van der Waals surface area contributed by atoms with Crippen molar-refractivity contribution < 1.29 is 0 Å². The number of thiophene rings is 1. The monoisotopic (exact) mass is 337 g/mol. The maximum Gasteiger partial charge on any atom is 0.157 e. The van der Waals surface area contributed by atoms with Gasteiger partial charge in [0.25, 0.3) is 0 Å². The lowest BCUT2D eigenvalue weighted by molar-refractivity contribution is 0.543. The molecule has 0 unspecified atom stereocenters. The summed E-state index contributed by atoms with van der Waals surface area (Å²) in [5.41, 5.74) is 2.87. The molecule has 1 aliphatic rings. The summed E-state index contributed by atoms with van der Waals surface area (Å²) in [6.07, 6.45) is 3.42. The number of aromatic nitrogens is 5. The van der Waals surface area contributed by atoms with Crippen LogP contribution in [-0.4, -0.2) is 43.7 Å². The summed E-state index contributed by atoms with van der Waals surface area (Å²) in [5, 5.41) is 9.97. The average molecular weight is 337 g/mol.